The number of alkyl halides is 1. The van der Waals surface area contributed by atoms with Gasteiger partial charge in [0.25, 0.3) is 0 Å². The van der Waals surface area contributed by atoms with E-state index < -0.39 is 17.0 Å². The van der Waals surface area contributed by atoms with Gasteiger partial charge in [-0.2, -0.15) is 0 Å². The van der Waals surface area contributed by atoms with Gasteiger partial charge in [-0.15, -0.1) is 0 Å². The number of hydrogen-bond donors (Lipinski definition) is 0. The van der Waals surface area contributed by atoms with Crippen LogP contribution in [-0.2, 0) is 27.1 Å². The molecule has 0 saturated carbocycles. The number of benzene rings is 3. The van der Waals surface area contributed by atoms with Gasteiger partial charge in [0.05, 0.1) is 37.8 Å². The summed E-state index contributed by atoms with van der Waals surface area (Å²) in [6.07, 6.45) is 2.57. The maximum Gasteiger partial charge on any atom is 0.173 e. The second-order valence-electron chi connectivity index (χ2n) is 11.1. The molecule has 0 aliphatic heterocycles. The minimum absolute atomic E-state index is 0.00609. The predicted molar refractivity (Wildman–Crippen MR) is 181 cm³/mol. The molecule has 5 nitrogen and oxygen atoms in total. The number of imidazole rings is 1. The van der Waals surface area contributed by atoms with Crippen LogP contribution in [0.5, 0.6) is 5.75 Å². The van der Waals surface area contributed by atoms with Gasteiger partial charge in [-0.05, 0) is 74.6 Å². The van der Waals surface area contributed by atoms with Crippen LogP contribution in [0.4, 0.5) is 13.2 Å². The summed E-state index contributed by atoms with van der Waals surface area (Å²) in [5.41, 5.74) is 4.25. The average molecular weight is 771 g/mol. The summed E-state index contributed by atoms with van der Waals surface area (Å²) < 4.78 is 63.6. The molecule has 5 rings (SSSR count). The molecule has 0 amide bonds. The first-order valence-electron chi connectivity index (χ1n) is 14.8. The number of thioether (sulfide) groups is 1. The first kappa shape index (κ1) is 34.1. The summed E-state index contributed by atoms with van der Waals surface area (Å²) in [6, 6.07) is 14.7. The van der Waals surface area contributed by atoms with Crippen LogP contribution in [0.2, 0.25) is 5.02 Å². The molecule has 3 aromatic carbocycles. The van der Waals surface area contributed by atoms with Crippen molar-refractivity contribution in [1.29, 1.82) is 0 Å². The molecule has 1 heterocycles. The van der Waals surface area contributed by atoms with Crippen LogP contribution in [0.25, 0.3) is 5.69 Å². The first-order valence-corrected chi connectivity index (χ1v) is 17.7. The van der Waals surface area contributed by atoms with E-state index >= 15 is 8.78 Å². The Bertz CT molecular complexity index is 1600. The zero-order valence-electron chi connectivity index (χ0n) is 25.2. The van der Waals surface area contributed by atoms with E-state index in [-0.39, 0.29) is 36.1 Å². The lowest BCUT2D eigenvalue weighted by Gasteiger charge is -2.36. The molecule has 0 bridgehead atoms. The van der Waals surface area contributed by atoms with Gasteiger partial charge in [0.2, 0.25) is 0 Å². The number of aryl methyl sites for hydroxylation is 2. The second-order valence-corrected chi connectivity index (χ2v) is 13.5. The monoisotopic (exact) mass is 770 g/mol. The molecule has 1 aliphatic rings. The number of halogens is 5. The maximum atomic E-state index is 15.2. The highest BCUT2D eigenvalue weighted by molar-refractivity contribution is 14.1. The van der Waals surface area contributed by atoms with Gasteiger partial charge in [0.1, 0.15) is 29.8 Å². The van der Waals surface area contributed by atoms with Crippen molar-refractivity contribution in [1.82, 2.24) is 9.55 Å². The van der Waals surface area contributed by atoms with E-state index in [4.69, 9.17) is 30.8 Å². The van der Waals surface area contributed by atoms with Crippen molar-refractivity contribution in [2.75, 3.05) is 37.5 Å². The fourth-order valence-electron chi connectivity index (χ4n) is 5.64. The fourth-order valence-corrected chi connectivity index (χ4v) is 7.12. The molecule has 0 radical (unpaired) electrons. The standard InChI is InChI=1S/C34H35ClF3IN2O3S/c1-22-18-23(5-10-28(22)35)34(2)11-3-4-31-32(34)41(25-8-6-24(36)7-9-25)33(40-31)45-21-27-29(37)19-26(20-30(27)38)44-17-16-43-15-14-42-13-12-39/h5-10,18-20H,3-4,11-17,21H2,1-2H3. The van der Waals surface area contributed by atoms with Crippen LogP contribution in [-0.4, -0.2) is 47.0 Å². The molecular formula is C34H35ClF3IN2O3S. The van der Waals surface area contributed by atoms with Gasteiger partial charge < -0.3 is 14.2 Å². The molecule has 0 N–H and O–H groups in total. The third-order valence-corrected chi connectivity index (χ3v) is 9.79. The van der Waals surface area contributed by atoms with Crippen LogP contribution in [0.1, 0.15) is 47.8 Å². The molecule has 4 aromatic rings. The van der Waals surface area contributed by atoms with Gasteiger partial charge in [-0.25, -0.2) is 18.2 Å². The van der Waals surface area contributed by atoms with Crippen molar-refractivity contribution < 1.29 is 27.4 Å². The quantitative estimate of drug-likeness (QED) is 0.0555. The van der Waals surface area contributed by atoms with Crippen molar-refractivity contribution >= 4 is 46.0 Å². The third-order valence-electron chi connectivity index (χ3n) is 7.96. The number of nitrogens with zero attached hydrogens (tertiary/aromatic N) is 2. The van der Waals surface area contributed by atoms with Gasteiger partial charge in [-0.3, -0.25) is 4.57 Å². The lowest BCUT2D eigenvalue weighted by molar-refractivity contribution is 0.0416. The molecule has 0 saturated heterocycles. The molecule has 1 unspecified atom stereocenters. The number of hydrogen-bond acceptors (Lipinski definition) is 5. The number of ether oxygens (including phenoxy) is 3. The molecule has 1 aliphatic carbocycles. The molecule has 0 fully saturated rings. The topological polar surface area (TPSA) is 45.5 Å². The van der Waals surface area contributed by atoms with Crippen molar-refractivity contribution in [3.8, 4) is 11.4 Å². The van der Waals surface area contributed by atoms with E-state index in [1.807, 2.05) is 23.6 Å². The minimum atomic E-state index is -0.697. The SMILES string of the molecule is Cc1cc(C2(C)CCCc3nc(SCc4c(F)cc(OCCOCCOCCI)cc4F)n(-c4ccc(F)cc4)c32)ccc1Cl. The molecule has 45 heavy (non-hydrogen) atoms. The number of rotatable bonds is 14. The largest absolute Gasteiger partial charge is 0.491 e. The van der Waals surface area contributed by atoms with Crippen molar-refractivity contribution in [3.63, 3.8) is 0 Å². The Morgan fingerprint density at radius 1 is 0.956 bits per heavy atom. The summed E-state index contributed by atoms with van der Waals surface area (Å²) in [5, 5.41) is 1.28. The summed E-state index contributed by atoms with van der Waals surface area (Å²) in [4.78, 5) is 5.00. The summed E-state index contributed by atoms with van der Waals surface area (Å²) in [7, 11) is 0. The van der Waals surface area contributed by atoms with Crippen LogP contribution in [0.3, 0.4) is 0 Å². The van der Waals surface area contributed by atoms with E-state index in [2.05, 4.69) is 35.6 Å². The Morgan fingerprint density at radius 2 is 1.64 bits per heavy atom. The smallest absolute Gasteiger partial charge is 0.173 e. The maximum absolute atomic E-state index is 15.2. The Morgan fingerprint density at radius 3 is 2.33 bits per heavy atom. The summed E-state index contributed by atoms with van der Waals surface area (Å²) >= 11 is 9.85. The molecule has 1 atom stereocenters. The Kier molecular flexibility index (Phi) is 11.8. The second kappa shape index (κ2) is 15.6. The molecule has 0 spiro atoms. The molecular weight excluding hydrogens is 736 g/mol. The Balaban J connectivity index is 1.38. The van der Waals surface area contributed by atoms with Crippen LogP contribution < -0.4 is 4.74 Å². The molecule has 1 aromatic heterocycles. The predicted octanol–water partition coefficient (Wildman–Crippen LogP) is 9.03. The van der Waals surface area contributed by atoms with E-state index in [0.29, 0.717) is 30.0 Å². The minimum Gasteiger partial charge on any atom is -0.491 e. The average Bonchev–Trinajstić information content (AvgIpc) is 3.39. The zero-order chi connectivity index (χ0) is 32.0. The lowest BCUT2D eigenvalue weighted by Crippen LogP contribution is -2.31. The summed E-state index contributed by atoms with van der Waals surface area (Å²) in [6.45, 7) is 6.19. The van der Waals surface area contributed by atoms with E-state index in [1.54, 1.807) is 12.1 Å². The van der Waals surface area contributed by atoms with Crippen molar-refractivity contribution in [2.24, 2.45) is 0 Å². The first-order chi connectivity index (χ1) is 21.7. The van der Waals surface area contributed by atoms with E-state index in [9.17, 15) is 4.39 Å². The van der Waals surface area contributed by atoms with Crippen molar-refractivity contribution in [3.05, 3.63) is 105 Å². The highest BCUT2D eigenvalue weighted by Gasteiger charge is 2.39. The Hall–Kier alpha value is -2.25. The van der Waals surface area contributed by atoms with Gasteiger partial charge in [0.15, 0.2) is 5.16 Å². The van der Waals surface area contributed by atoms with Crippen molar-refractivity contribution in [2.45, 2.75) is 49.4 Å². The lowest BCUT2D eigenvalue weighted by atomic mass is 9.71. The number of fused-ring (bicyclic) bond motifs is 1. The van der Waals surface area contributed by atoms with E-state index in [1.165, 1.54) is 36.0 Å². The van der Waals surface area contributed by atoms with Gasteiger partial charge >= 0.3 is 0 Å². The highest BCUT2D eigenvalue weighted by atomic mass is 127. The molecule has 11 heteroatoms. The van der Waals surface area contributed by atoms with Crippen LogP contribution in [0.15, 0.2) is 59.8 Å². The van der Waals surface area contributed by atoms with Gasteiger partial charge in [-0.1, -0.05) is 58.1 Å². The summed E-state index contributed by atoms with van der Waals surface area (Å²) in [5.74, 6) is -1.64. The number of aromatic nitrogens is 2. The Labute approximate surface area is 285 Å². The zero-order valence-corrected chi connectivity index (χ0v) is 28.9. The third kappa shape index (κ3) is 8.01. The normalized spacial score (nSPS) is 16.2. The van der Waals surface area contributed by atoms with E-state index in [0.717, 1.165) is 51.9 Å². The molecule has 240 valence electrons. The van der Waals surface area contributed by atoms with Gasteiger partial charge in [0, 0.05) is 44.0 Å². The fraction of sp³-hybridized carbons (Fsp3) is 0.382. The van der Waals surface area contributed by atoms with Crippen LogP contribution in [0, 0.1) is 24.4 Å². The van der Waals surface area contributed by atoms with Crippen LogP contribution >= 0.6 is 46.0 Å². The highest BCUT2D eigenvalue weighted by Crippen LogP contribution is 2.46.